The molecular formula is C11H19NO3. The topological polar surface area (TPSA) is 55.4 Å². The van der Waals surface area contributed by atoms with Crippen molar-refractivity contribution in [3.05, 3.63) is 0 Å². The third-order valence-corrected chi connectivity index (χ3v) is 2.37. The number of Topliss-reactive ketones (excluding diaryl/α,β-unsaturated/α-hetero) is 1. The molecule has 0 saturated heterocycles. The fourth-order valence-electron chi connectivity index (χ4n) is 1.35. The van der Waals surface area contributed by atoms with Crippen molar-refractivity contribution in [3.63, 3.8) is 0 Å². The maximum Gasteiger partial charge on any atom is 0.408 e. The Balaban J connectivity index is 2.18. The standard InChI is InChI=1S/C11H19NO3/c1-11(2,3)15-10(14)12-7-9(13)8-5-4-6-8/h8H,4-7H2,1-3H3,(H,12,14). The monoisotopic (exact) mass is 213 g/mol. The van der Waals surface area contributed by atoms with E-state index in [0.29, 0.717) is 0 Å². The minimum atomic E-state index is -0.518. The molecule has 1 saturated carbocycles. The largest absolute Gasteiger partial charge is 0.444 e. The van der Waals surface area contributed by atoms with Crippen molar-refractivity contribution >= 4 is 11.9 Å². The molecule has 1 N–H and O–H groups in total. The van der Waals surface area contributed by atoms with Crippen LogP contribution in [0.2, 0.25) is 0 Å². The smallest absolute Gasteiger partial charge is 0.408 e. The van der Waals surface area contributed by atoms with Crippen LogP contribution in [0.25, 0.3) is 0 Å². The molecule has 1 amide bonds. The first kappa shape index (κ1) is 12.0. The van der Waals surface area contributed by atoms with Crippen molar-refractivity contribution in [3.8, 4) is 0 Å². The summed E-state index contributed by atoms with van der Waals surface area (Å²) in [6.45, 7) is 5.47. The van der Waals surface area contributed by atoms with Crippen LogP contribution in [0.3, 0.4) is 0 Å². The van der Waals surface area contributed by atoms with Crippen LogP contribution in [0, 0.1) is 5.92 Å². The third kappa shape index (κ3) is 4.32. The predicted octanol–water partition coefficient (Wildman–Crippen LogP) is 1.88. The van der Waals surface area contributed by atoms with Crippen LogP contribution in [0.15, 0.2) is 0 Å². The van der Waals surface area contributed by atoms with Gasteiger partial charge >= 0.3 is 6.09 Å². The quantitative estimate of drug-likeness (QED) is 0.778. The first-order valence-electron chi connectivity index (χ1n) is 5.38. The zero-order valence-electron chi connectivity index (χ0n) is 9.63. The van der Waals surface area contributed by atoms with Gasteiger partial charge in [0.05, 0.1) is 6.54 Å². The number of rotatable bonds is 3. The Morgan fingerprint density at radius 2 is 1.93 bits per heavy atom. The maximum atomic E-state index is 11.4. The van der Waals surface area contributed by atoms with Crippen LogP contribution >= 0.6 is 0 Å². The highest BCUT2D eigenvalue weighted by molar-refractivity contribution is 5.86. The molecule has 1 fully saturated rings. The lowest BCUT2D eigenvalue weighted by Gasteiger charge is -2.24. The van der Waals surface area contributed by atoms with Gasteiger partial charge in [-0.2, -0.15) is 0 Å². The van der Waals surface area contributed by atoms with Crippen molar-refractivity contribution in [2.24, 2.45) is 5.92 Å². The molecule has 4 nitrogen and oxygen atoms in total. The lowest BCUT2D eigenvalue weighted by molar-refractivity contribution is -0.124. The minimum Gasteiger partial charge on any atom is -0.444 e. The summed E-state index contributed by atoms with van der Waals surface area (Å²) in [5, 5.41) is 2.48. The van der Waals surface area contributed by atoms with E-state index in [1.807, 2.05) is 0 Å². The van der Waals surface area contributed by atoms with Crippen LogP contribution in [0.4, 0.5) is 4.79 Å². The van der Waals surface area contributed by atoms with E-state index in [1.54, 1.807) is 20.8 Å². The molecule has 0 bridgehead atoms. The van der Waals surface area contributed by atoms with E-state index < -0.39 is 11.7 Å². The van der Waals surface area contributed by atoms with Gasteiger partial charge < -0.3 is 10.1 Å². The van der Waals surface area contributed by atoms with E-state index in [4.69, 9.17) is 4.74 Å². The average molecular weight is 213 g/mol. The fraction of sp³-hybridized carbons (Fsp3) is 0.818. The van der Waals surface area contributed by atoms with E-state index in [1.165, 1.54) is 0 Å². The van der Waals surface area contributed by atoms with Crippen LogP contribution in [-0.4, -0.2) is 24.0 Å². The molecule has 0 radical (unpaired) electrons. The second-order valence-corrected chi connectivity index (χ2v) is 4.95. The van der Waals surface area contributed by atoms with Gasteiger partial charge in [0.2, 0.25) is 0 Å². The number of amides is 1. The lowest BCUT2D eigenvalue weighted by Crippen LogP contribution is -2.38. The highest BCUT2D eigenvalue weighted by atomic mass is 16.6. The van der Waals surface area contributed by atoms with E-state index in [0.717, 1.165) is 19.3 Å². The first-order valence-corrected chi connectivity index (χ1v) is 5.38. The molecule has 0 heterocycles. The van der Waals surface area contributed by atoms with Gasteiger partial charge in [-0.3, -0.25) is 4.79 Å². The molecule has 0 aromatic rings. The molecule has 0 atom stereocenters. The van der Waals surface area contributed by atoms with Crippen molar-refractivity contribution in [1.82, 2.24) is 5.32 Å². The van der Waals surface area contributed by atoms with Crippen molar-refractivity contribution in [1.29, 1.82) is 0 Å². The van der Waals surface area contributed by atoms with Gasteiger partial charge in [-0.15, -0.1) is 0 Å². The summed E-state index contributed by atoms with van der Waals surface area (Å²) in [6, 6.07) is 0. The molecule has 0 aromatic heterocycles. The van der Waals surface area contributed by atoms with Crippen molar-refractivity contribution in [2.45, 2.75) is 45.6 Å². The molecule has 0 spiro atoms. The SMILES string of the molecule is CC(C)(C)OC(=O)NCC(=O)C1CCC1. The van der Waals surface area contributed by atoms with Gasteiger partial charge in [-0.05, 0) is 33.6 Å². The third-order valence-electron chi connectivity index (χ3n) is 2.37. The van der Waals surface area contributed by atoms with E-state index in [-0.39, 0.29) is 18.2 Å². The Kier molecular flexibility index (Phi) is 3.72. The molecule has 15 heavy (non-hydrogen) atoms. The summed E-state index contributed by atoms with van der Waals surface area (Å²) in [5.74, 6) is 0.284. The van der Waals surface area contributed by atoms with Crippen LogP contribution in [0.5, 0.6) is 0 Å². The second kappa shape index (κ2) is 4.64. The van der Waals surface area contributed by atoms with Crippen LogP contribution in [-0.2, 0) is 9.53 Å². The Hall–Kier alpha value is -1.06. The average Bonchev–Trinajstić information content (AvgIpc) is 1.94. The maximum absolute atomic E-state index is 11.4. The molecule has 0 aliphatic heterocycles. The number of carbonyl (C=O) groups excluding carboxylic acids is 2. The number of ether oxygens (including phenoxy) is 1. The fourth-order valence-corrected chi connectivity index (χ4v) is 1.35. The molecule has 4 heteroatoms. The second-order valence-electron chi connectivity index (χ2n) is 4.95. The van der Waals surface area contributed by atoms with Crippen molar-refractivity contribution < 1.29 is 14.3 Å². The van der Waals surface area contributed by atoms with Gasteiger partial charge in [0, 0.05) is 5.92 Å². The number of carbonyl (C=O) groups is 2. The van der Waals surface area contributed by atoms with Crippen LogP contribution in [0.1, 0.15) is 40.0 Å². The van der Waals surface area contributed by atoms with E-state index >= 15 is 0 Å². The van der Waals surface area contributed by atoms with Gasteiger partial charge in [0.25, 0.3) is 0 Å². The summed E-state index contributed by atoms with van der Waals surface area (Å²) in [5.41, 5.74) is -0.510. The Morgan fingerprint density at radius 1 is 1.33 bits per heavy atom. The number of hydrogen-bond donors (Lipinski definition) is 1. The number of alkyl carbamates (subject to hydrolysis) is 1. The highest BCUT2D eigenvalue weighted by Crippen LogP contribution is 2.26. The van der Waals surface area contributed by atoms with E-state index in [9.17, 15) is 9.59 Å². The molecule has 1 aliphatic rings. The summed E-state index contributed by atoms with van der Waals surface area (Å²) in [6.07, 6.45) is 2.54. The lowest BCUT2D eigenvalue weighted by atomic mass is 9.82. The molecular weight excluding hydrogens is 194 g/mol. The summed E-state index contributed by atoms with van der Waals surface area (Å²) in [4.78, 5) is 22.6. The van der Waals surface area contributed by atoms with Crippen LogP contribution < -0.4 is 5.32 Å². The van der Waals surface area contributed by atoms with Gasteiger partial charge in [-0.1, -0.05) is 6.42 Å². The van der Waals surface area contributed by atoms with Gasteiger partial charge in [0.15, 0.2) is 5.78 Å². The normalized spacial score (nSPS) is 16.7. The van der Waals surface area contributed by atoms with Gasteiger partial charge in [0.1, 0.15) is 5.60 Å². The first-order chi connectivity index (χ1) is 6.88. The zero-order chi connectivity index (χ0) is 11.5. The summed E-state index contributed by atoms with van der Waals surface area (Å²) >= 11 is 0. The number of nitrogens with one attached hydrogen (secondary N) is 1. The van der Waals surface area contributed by atoms with E-state index in [2.05, 4.69) is 5.32 Å². The van der Waals surface area contributed by atoms with Gasteiger partial charge in [-0.25, -0.2) is 4.79 Å². The predicted molar refractivity (Wildman–Crippen MR) is 56.6 cm³/mol. The molecule has 1 rings (SSSR count). The summed E-state index contributed by atoms with van der Waals surface area (Å²) < 4.78 is 5.02. The Morgan fingerprint density at radius 3 is 2.33 bits per heavy atom. The molecule has 86 valence electrons. The molecule has 1 aliphatic carbocycles. The molecule has 0 aromatic carbocycles. The Bertz CT molecular complexity index is 251. The minimum absolute atomic E-state index is 0.0968. The number of ketones is 1. The zero-order valence-corrected chi connectivity index (χ0v) is 9.63. The highest BCUT2D eigenvalue weighted by Gasteiger charge is 2.25. The number of hydrogen-bond acceptors (Lipinski definition) is 3. The molecule has 0 unspecified atom stereocenters. The summed E-state index contributed by atoms with van der Waals surface area (Å²) in [7, 11) is 0. The Labute approximate surface area is 90.4 Å². The van der Waals surface area contributed by atoms with Crippen molar-refractivity contribution in [2.75, 3.05) is 6.54 Å².